The number of halogens is 2. The van der Waals surface area contributed by atoms with Gasteiger partial charge in [0.25, 0.3) is 11.8 Å². The third-order valence-corrected chi connectivity index (χ3v) is 4.39. The summed E-state index contributed by atoms with van der Waals surface area (Å²) in [5, 5.41) is 6.64. The number of amides is 4. The summed E-state index contributed by atoms with van der Waals surface area (Å²) in [4.78, 5) is 47.4. The van der Waals surface area contributed by atoms with Gasteiger partial charge < -0.3 is 29.6 Å². The third-order valence-electron chi connectivity index (χ3n) is 4.39. The maximum atomic E-state index is 12.3. The average molecular weight is 493 g/mol. The molecule has 13 heteroatoms. The molecule has 0 bridgehead atoms. The van der Waals surface area contributed by atoms with Gasteiger partial charge in [-0.15, -0.1) is 0 Å². The number of imide groups is 1. The molecule has 1 aliphatic heterocycles. The summed E-state index contributed by atoms with van der Waals surface area (Å²) in [7, 11) is 0. The number of hydrogen-bond donors (Lipinski definition) is 3. The highest BCUT2D eigenvalue weighted by molar-refractivity contribution is 5.97. The van der Waals surface area contributed by atoms with Crippen LogP contribution in [0.5, 0.6) is 17.2 Å². The molecule has 0 saturated heterocycles. The van der Waals surface area contributed by atoms with Crippen LogP contribution in [0.3, 0.4) is 0 Å². The molecule has 1 heterocycles. The Morgan fingerprint density at radius 3 is 2.57 bits per heavy atom. The Bertz CT molecular complexity index is 1080. The van der Waals surface area contributed by atoms with E-state index in [1.807, 2.05) is 5.32 Å². The highest BCUT2D eigenvalue weighted by Crippen LogP contribution is 2.30. The first kappa shape index (κ1) is 25.2. The van der Waals surface area contributed by atoms with Crippen molar-refractivity contribution >= 4 is 23.8 Å². The van der Waals surface area contributed by atoms with Crippen LogP contribution in [0.4, 0.5) is 13.6 Å². The second kappa shape index (κ2) is 12.2. The number of ether oxygens (including phenoxy) is 4. The molecule has 35 heavy (non-hydrogen) atoms. The number of benzene rings is 2. The van der Waals surface area contributed by atoms with E-state index in [1.165, 1.54) is 18.2 Å². The fourth-order valence-corrected chi connectivity index (χ4v) is 2.84. The number of para-hydroxylation sites is 2. The number of fused-ring (bicyclic) bond motifs is 1. The van der Waals surface area contributed by atoms with Gasteiger partial charge in [-0.1, -0.05) is 18.2 Å². The Balaban J connectivity index is 1.32. The van der Waals surface area contributed by atoms with Crippen molar-refractivity contribution in [1.82, 2.24) is 16.0 Å². The van der Waals surface area contributed by atoms with Crippen LogP contribution in [0.1, 0.15) is 10.4 Å². The molecule has 0 spiro atoms. The summed E-state index contributed by atoms with van der Waals surface area (Å²) in [6.07, 6.45) is -0.463. The summed E-state index contributed by atoms with van der Waals surface area (Å²) in [6, 6.07) is 11.2. The van der Waals surface area contributed by atoms with Crippen LogP contribution < -0.4 is 30.2 Å². The monoisotopic (exact) mass is 493 g/mol. The minimum absolute atomic E-state index is 0.0267. The highest BCUT2D eigenvalue weighted by atomic mass is 19.3. The molecule has 0 saturated carbocycles. The van der Waals surface area contributed by atoms with Crippen LogP contribution >= 0.6 is 0 Å². The second-order valence-electron chi connectivity index (χ2n) is 7.01. The maximum absolute atomic E-state index is 12.3. The molecule has 2 aromatic carbocycles. The average Bonchev–Trinajstić information content (AvgIpc) is 2.84. The van der Waals surface area contributed by atoms with Crippen molar-refractivity contribution in [2.75, 3.05) is 26.3 Å². The van der Waals surface area contributed by atoms with Crippen LogP contribution in [0.15, 0.2) is 48.5 Å². The van der Waals surface area contributed by atoms with E-state index in [2.05, 4.69) is 20.1 Å². The zero-order chi connectivity index (χ0) is 25.2. The number of carbonyl (C=O) groups excluding carboxylic acids is 4. The number of hydrogen-bond acceptors (Lipinski definition) is 8. The normalized spacial score (nSPS) is 14.0. The van der Waals surface area contributed by atoms with E-state index >= 15 is 0 Å². The molecule has 1 aliphatic rings. The molecule has 0 radical (unpaired) electrons. The van der Waals surface area contributed by atoms with Gasteiger partial charge in [0.05, 0.1) is 6.54 Å². The summed E-state index contributed by atoms with van der Waals surface area (Å²) in [5.74, 6) is -1.70. The highest BCUT2D eigenvalue weighted by Gasteiger charge is 2.21. The lowest BCUT2D eigenvalue weighted by atomic mass is 10.2. The molecule has 3 rings (SSSR count). The molecule has 2 aromatic rings. The molecular formula is C22H21F2N3O8. The molecule has 1 unspecified atom stereocenters. The largest absolute Gasteiger partial charge is 0.486 e. The Morgan fingerprint density at radius 2 is 1.80 bits per heavy atom. The first-order valence-corrected chi connectivity index (χ1v) is 10.2. The lowest BCUT2D eigenvalue weighted by Crippen LogP contribution is -2.47. The predicted molar refractivity (Wildman–Crippen MR) is 114 cm³/mol. The van der Waals surface area contributed by atoms with Gasteiger partial charge in [0.2, 0.25) is 0 Å². The molecule has 0 fully saturated rings. The summed E-state index contributed by atoms with van der Waals surface area (Å²) in [5.41, 5.74) is -0.0267. The zero-order valence-corrected chi connectivity index (χ0v) is 18.1. The van der Waals surface area contributed by atoms with Gasteiger partial charge in [-0.3, -0.25) is 19.7 Å². The van der Waals surface area contributed by atoms with Gasteiger partial charge in [-0.2, -0.15) is 8.78 Å². The van der Waals surface area contributed by atoms with Gasteiger partial charge in [0.1, 0.15) is 18.9 Å². The van der Waals surface area contributed by atoms with E-state index in [1.54, 1.807) is 24.3 Å². The molecule has 3 N–H and O–H groups in total. The predicted octanol–water partition coefficient (Wildman–Crippen LogP) is 1.23. The van der Waals surface area contributed by atoms with Crippen molar-refractivity contribution in [3.05, 3.63) is 54.1 Å². The minimum atomic E-state index is -3.05. The lowest BCUT2D eigenvalue weighted by Gasteiger charge is -2.26. The van der Waals surface area contributed by atoms with Crippen LogP contribution in [-0.2, 0) is 14.3 Å². The van der Waals surface area contributed by atoms with E-state index in [0.29, 0.717) is 11.5 Å². The standard InChI is InChI=1S/C22H21F2N3O8/c23-21(24)35-14-5-3-4-13(8-14)20(30)25-10-19(29)33-12-18(28)27-22(31)26-9-15-11-32-16-6-1-2-7-17(16)34-15/h1-8,15,21H,9-12H2,(H,25,30)(H2,26,27,28,31). The summed E-state index contributed by atoms with van der Waals surface area (Å²) in [6.45, 7) is -4.15. The van der Waals surface area contributed by atoms with Crippen molar-refractivity contribution in [1.29, 1.82) is 0 Å². The fraction of sp³-hybridized carbons (Fsp3) is 0.273. The van der Waals surface area contributed by atoms with Crippen molar-refractivity contribution in [2.24, 2.45) is 0 Å². The minimum Gasteiger partial charge on any atom is -0.486 e. The van der Waals surface area contributed by atoms with Crippen molar-refractivity contribution in [3.8, 4) is 17.2 Å². The van der Waals surface area contributed by atoms with Crippen LogP contribution in [0.25, 0.3) is 0 Å². The molecule has 4 amide bonds. The number of urea groups is 1. The van der Waals surface area contributed by atoms with E-state index in [0.717, 1.165) is 6.07 Å². The second-order valence-corrected chi connectivity index (χ2v) is 7.01. The van der Waals surface area contributed by atoms with Gasteiger partial charge >= 0.3 is 18.6 Å². The van der Waals surface area contributed by atoms with Gasteiger partial charge in [0.15, 0.2) is 24.2 Å². The van der Waals surface area contributed by atoms with E-state index in [9.17, 15) is 28.0 Å². The maximum Gasteiger partial charge on any atom is 0.387 e. The van der Waals surface area contributed by atoms with Gasteiger partial charge in [-0.25, -0.2) is 4.79 Å². The number of nitrogens with one attached hydrogen (secondary N) is 3. The van der Waals surface area contributed by atoms with Crippen LogP contribution in [0, 0.1) is 0 Å². The van der Waals surface area contributed by atoms with Crippen molar-refractivity contribution < 1.29 is 46.9 Å². The smallest absolute Gasteiger partial charge is 0.387 e. The molecule has 186 valence electrons. The first-order chi connectivity index (χ1) is 16.8. The molecule has 1 atom stereocenters. The quantitative estimate of drug-likeness (QED) is 0.443. The lowest BCUT2D eigenvalue weighted by molar-refractivity contribution is -0.147. The molecule has 0 aliphatic carbocycles. The van der Waals surface area contributed by atoms with E-state index in [-0.39, 0.29) is 24.5 Å². The molecule has 11 nitrogen and oxygen atoms in total. The first-order valence-electron chi connectivity index (χ1n) is 10.2. The Morgan fingerprint density at radius 1 is 1.03 bits per heavy atom. The molecule has 0 aromatic heterocycles. The Hall–Kier alpha value is -4.42. The summed E-state index contributed by atoms with van der Waals surface area (Å²) < 4.78 is 44.6. The number of rotatable bonds is 9. The number of esters is 1. The zero-order valence-electron chi connectivity index (χ0n) is 18.1. The number of alkyl halides is 2. The fourth-order valence-electron chi connectivity index (χ4n) is 2.84. The van der Waals surface area contributed by atoms with E-state index in [4.69, 9.17) is 9.47 Å². The van der Waals surface area contributed by atoms with Gasteiger partial charge in [0, 0.05) is 5.56 Å². The van der Waals surface area contributed by atoms with E-state index < -0.39 is 49.7 Å². The van der Waals surface area contributed by atoms with Crippen molar-refractivity contribution in [3.63, 3.8) is 0 Å². The Labute approximate surface area is 197 Å². The topological polar surface area (TPSA) is 141 Å². The van der Waals surface area contributed by atoms with Crippen molar-refractivity contribution in [2.45, 2.75) is 12.7 Å². The van der Waals surface area contributed by atoms with Gasteiger partial charge in [-0.05, 0) is 30.3 Å². The number of carbonyl (C=O) groups is 4. The van der Waals surface area contributed by atoms with Crippen LogP contribution in [-0.4, -0.2) is 62.8 Å². The Kier molecular flexibility index (Phi) is 8.76. The summed E-state index contributed by atoms with van der Waals surface area (Å²) >= 11 is 0. The molecular weight excluding hydrogens is 472 g/mol. The SMILES string of the molecule is O=C(COC(=O)CNC(=O)c1cccc(OC(F)F)c1)NC(=O)NCC1COc2ccccc2O1. The third kappa shape index (κ3) is 8.14. The van der Waals surface area contributed by atoms with Crippen LogP contribution in [0.2, 0.25) is 0 Å².